The Labute approximate surface area is 119 Å². The van der Waals surface area contributed by atoms with Crippen molar-refractivity contribution in [1.82, 2.24) is 4.90 Å². The highest BCUT2D eigenvalue weighted by molar-refractivity contribution is 5.90. The Morgan fingerprint density at radius 2 is 2.10 bits per heavy atom. The number of esters is 1. The molecule has 0 spiro atoms. The van der Waals surface area contributed by atoms with E-state index in [4.69, 9.17) is 4.74 Å². The first-order valence-electron chi connectivity index (χ1n) is 7.43. The van der Waals surface area contributed by atoms with E-state index in [-0.39, 0.29) is 11.9 Å². The van der Waals surface area contributed by atoms with E-state index < -0.39 is 11.5 Å². The van der Waals surface area contributed by atoms with Crippen LogP contribution in [0.15, 0.2) is 0 Å². The summed E-state index contributed by atoms with van der Waals surface area (Å²) in [5.74, 6) is -0.0960. The molecule has 2 fully saturated rings. The van der Waals surface area contributed by atoms with Gasteiger partial charge in [0.2, 0.25) is 5.91 Å². The number of hydrogen-bond acceptors (Lipinski definition) is 4. The Balaban J connectivity index is 2.14. The standard InChI is InChI=1S/C15H22N2O3/c1-3-20-13(18)12-6-4-5-7-17(12)14(19)15(10-16)8-11(2)9-15/h11-12H,3-9H2,1-2H3. The van der Waals surface area contributed by atoms with E-state index in [0.717, 1.165) is 12.8 Å². The van der Waals surface area contributed by atoms with Crippen LogP contribution in [0, 0.1) is 22.7 Å². The van der Waals surface area contributed by atoms with Gasteiger partial charge in [0.05, 0.1) is 12.7 Å². The summed E-state index contributed by atoms with van der Waals surface area (Å²) >= 11 is 0. The predicted octanol–water partition coefficient (Wildman–Crippen LogP) is 1.87. The average Bonchev–Trinajstić information content (AvgIpc) is 2.43. The monoisotopic (exact) mass is 278 g/mol. The van der Waals surface area contributed by atoms with E-state index >= 15 is 0 Å². The maximum atomic E-state index is 12.7. The zero-order valence-corrected chi connectivity index (χ0v) is 12.2. The molecule has 0 aromatic rings. The number of ether oxygens (including phenoxy) is 1. The van der Waals surface area contributed by atoms with Crippen LogP contribution in [0.2, 0.25) is 0 Å². The molecule has 1 saturated heterocycles. The topological polar surface area (TPSA) is 70.4 Å². The van der Waals surface area contributed by atoms with Crippen LogP contribution in [-0.4, -0.2) is 36.0 Å². The van der Waals surface area contributed by atoms with Crippen molar-refractivity contribution in [1.29, 1.82) is 5.26 Å². The molecule has 0 radical (unpaired) electrons. The average molecular weight is 278 g/mol. The molecule has 1 heterocycles. The second-order valence-electron chi connectivity index (χ2n) is 5.97. The van der Waals surface area contributed by atoms with Gasteiger partial charge in [-0.1, -0.05) is 6.92 Å². The van der Waals surface area contributed by atoms with Gasteiger partial charge in [0.25, 0.3) is 0 Å². The fourth-order valence-corrected chi connectivity index (χ4v) is 3.38. The van der Waals surface area contributed by atoms with Gasteiger partial charge in [-0.2, -0.15) is 5.26 Å². The molecule has 2 aliphatic rings. The Morgan fingerprint density at radius 3 is 2.65 bits per heavy atom. The lowest BCUT2D eigenvalue weighted by Crippen LogP contribution is -2.56. The van der Waals surface area contributed by atoms with Crippen LogP contribution in [-0.2, 0) is 14.3 Å². The highest BCUT2D eigenvalue weighted by atomic mass is 16.5. The van der Waals surface area contributed by atoms with Crippen LogP contribution in [0.3, 0.4) is 0 Å². The summed E-state index contributed by atoms with van der Waals surface area (Å²) in [6, 6.07) is 1.69. The van der Waals surface area contributed by atoms with Gasteiger partial charge in [-0.3, -0.25) is 4.79 Å². The fourth-order valence-electron chi connectivity index (χ4n) is 3.38. The minimum absolute atomic E-state index is 0.171. The second kappa shape index (κ2) is 5.82. The number of carbonyl (C=O) groups is 2. The molecule has 1 aliphatic carbocycles. The number of rotatable bonds is 3. The first kappa shape index (κ1) is 14.8. The lowest BCUT2D eigenvalue weighted by molar-refractivity contribution is -0.162. The van der Waals surface area contributed by atoms with Gasteiger partial charge >= 0.3 is 5.97 Å². The third-order valence-corrected chi connectivity index (χ3v) is 4.34. The number of carbonyl (C=O) groups excluding carboxylic acids is 2. The quantitative estimate of drug-likeness (QED) is 0.739. The van der Waals surface area contributed by atoms with Crippen LogP contribution in [0.1, 0.15) is 46.0 Å². The molecule has 1 unspecified atom stereocenters. The van der Waals surface area contributed by atoms with Gasteiger partial charge < -0.3 is 9.64 Å². The van der Waals surface area contributed by atoms with Crippen LogP contribution in [0.4, 0.5) is 0 Å². The zero-order chi connectivity index (χ0) is 14.8. The molecule has 2 rings (SSSR count). The van der Waals surface area contributed by atoms with E-state index in [0.29, 0.717) is 38.3 Å². The number of amides is 1. The van der Waals surface area contributed by atoms with E-state index in [1.807, 2.05) is 6.92 Å². The molecule has 0 aromatic carbocycles. The Bertz CT molecular complexity index is 435. The van der Waals surface area contributed by atoms with Crippen molar-refractivity contribution in [3.63, 3.8) is 0 Å². The maximum Gasteiger partial charge on any atom is 0.328 e. The molecule has 1 atom stereocenters. The van der Waals surface area contributed by atoms with E-state index in [2.05, 4.69) is 6.07 Å². The van der Waals surface area contributed by atoms with Gasteiger partial charge in [0, 0.05) is 6.54 Å². The summed E-state index contributed by atoms with van der Waals surface area (Å²) < 4.78 is 5.07. The number of hydrogen-bond donors (Lipinski definition) is 0. The molecule has 1 saturated carbocycles. The van der Waals surface area contributed by atoms with Crippen LogP contribution in [0.5, 0.6) is 0 Å². The third-order valence-electron chi connectivity index (χ3n) is 4.34. The van der Waals surface area contributed by atoms with Gasteiger partial charge in [-0.25, -0.2) is 4.79 Å². The van der Waals surface area contributed by atoms with Crippen molar-refractivity contribution in [2.45, 2.75) is 52.0 Å². The van der Waals surface area contributed by atoms with E-state index in [1.165, 1.54) is 0 Å². The number of nitrogens with zero attached hydrogens (tertiary/aromatic N) is 2. The first-order chi connectivity index (χ1) is 9.54. The first-order valence-corrected chi connectivity index (χ1v) is 7.43. The maximum absolute atomic E-state index is 12.7. The number of nitriles is 1. The zero-order valence-electron chi connectivity index (χ0n) is 12.2. The Morgan fingerprint density at radius 1 is 1.40 bits per heavy atom. The van der Waals surface area contributed by atoms with Crippen LogP contribution >= 0.6 is 0 Å². The Hall–Kier alpha value is -1.57. The number of piperidine rings is 1. The predicted molar refractivity (Wildman–Crippen MR) is 72.4 cm³/mol. The van der Waals surface area contributed by atoms with Gasteiger partial charge in [0.15, 0.2) is 0 Å². The smallest absolute Gasteiger partial charge is 0.328 e. The van der Waals surface area contributed by atoms with Crippen molar-refractivity contribution in [3.8, 4) is 6.07 Å². The van der Waals surface area contributed by atoms with E-state index in [9.17, 15) is 14.9 Å². The summed E-state index contributed by atoms with van der Waals surface area (Å²) in [6.07, 6.45) is 3.66. The molecule has 5 nitrogen and oxygen atoms in total. The second-order valence-corrected chi connectivity index (χ2v) is 5.97. The minimum Gasteiger partial charge on any atom is -0.464 e. The van der Waals surface area contributed by atoms with Gasteiger partial charge in [-0.15, -0.1) is 0 Å². The van der Waals surface area contributed by atoms with Crippen molar-refractivity contribution in [2.75, 3.05) is 13.2 Å². The van der Waals surface area contributed by atoms with Gasteiger partial charge in [0.1, 0.15) is 11.5 Å². The highest BCUT2D eigenvalue weighted by Crippen LogP contribution is 2.47. The highest BCUT2D eigenvalue weighted by Gasteiger charge is 2.52. The van der Waals surface area contributed by atoms with Crippen LogP contribution in [0.25, 0.3) is 0 Å². The lowest BCUT2D eigenvalue weighted by Gasteiger charge is -2.45. The molecule has 5 heteroatoms. The minimum atomic E-state index is -0.901. The molecule has 0 N–H and O–H groups in total. The van der Waals surface area contributed by atoms with Gasteiger partial charge in [-0.05, 0) is 44.9 Å². The van der Waals surface area contributed by atoms with Crippen LogP contribution < -0.4 is 0 Å². The van der Waals surface area contributed by atoms with Crippen molar-refractivity contribution in [2.24, 2.45) is 11.3 Å². The molecular weight excluding hydrogens is 256 g/mol. The van der Waals surface area contributed by atoms with Crippen molar-refractivity contribution >= 4 is 11.9 Å². The fraction of sp³-hybridized carbons (Fsp3) is 0.800. The molecule has 1 aliphatic heterocycles. The summed E-state index contributed by atoms with van der Waals surface area (Å²) in [7, 11) is 0. The molecule has 110 valence electrons. The van der Waals surface area contributed by atoms with Crippen molar-refractivity contribution in [3.05, 3.63) is 0 Å². The largest absolute Gasteiger partial charge is 0.464 e. The van der Waals surface area contributed by atoms with E-state index in [1.54, 1.807) is 11.8 Å². The third kappa shape index (κ3) is 2.52. The molecule has 0 bridgehead atoms. The lowest BCUT2D eigenvalue weighted by atomic mass is 9.62. The summed E-state index contributed by atoms with van der Waals surface area (Å²) in [4.78, 5) is 26.3. The summed E-state index contributed by atoms with van der Waals surface area (Å²) in [5, 5.41) is 9.37. The molecule has 1 amide bonds. The SMILES string of the molecule is CCOC(=O)C1CCCCN1C(=O)C1(C#N)CC(C)C1. The normalized spacial score (nSPS) is 33.0. The Kier molecular flexibility index (Phi) is 4.32. The molecule has 20 heavy (non-hydrogen) atoms. The molecular formula is C15H22N2O3. The number of likely N-dealkylation sites (tertiary alicyclic amines) is 1. The van der Waals surface area contributed by atoms with Crippen molar-refractivity contribution < 1.29 is 14.3 Å². The summed E-state index contributed by atoms with van der Waals surface area (Å²) in [6.45, 7) is 4.68. The summed E-state index contributed by atoms with van der Waals surface area (Å²) in [5.41, 5.74) is -0.901. The molecule has 0 aromatic heterocycles.